The summed E-state index contributed by atoms with van der Waals surface area (Å²) >= 11 is 1.39. The van der Waals surface area contributed by atoms with Crippen molar-refractivity contribution in [3.63, 3.8) is 0 Å². The third kappa shape index (κ3) is 3.79. The fourth-order valence-corrected chi connectivity index (χ4v) is 4.01. The van der Waals surface area contributed by atoms with Gasteiger partial charge in [-0.3, -0.25) is 9.59 Å². The highest BCUT2D eigenvalue weighted by Crippen LogP contribution is 2.22. The van der Waals surface area contributed by atoms with Crippen molar-refractivity contribution in [1.29, 1.82) is 0 Å². The predicted molar refractivity (Wildman–Crippen MR) is 107 cm³/mol. The molecule has 1 aliphatic rings. The van der Waals surface area contributed by atoms with Gasteiger partial charge in [-0.25, -0.2) is 4.98 Å². The first-order valence-corrected chi connectivity index (χ1v) is 10.2. The molecular weight excluding hydrogens is 376 g/mol. The molecule has 4 rings (SSSR count). The number of hydrogen-bond acceptors (Lipinski definition) is 5. The van der Waals surface area contributed by atoms with E-state index in [2.05, 4.69) is 5.32 Å². The van der Waals surface area contributed by atoms with Crippen molar-refractivity contribution >= 4 is 34.2 Å². The van der Waals surface area contributed by atoms with E-state index in [1.54, 1.807) is 6.07 Å². The maximum atomic E-state index is 12.8. The molecule has 1 aliphatic heterocycles. The lowest BCUT2D eigenvalue weighted by Crippen LogP contribution is -2.42. The van der Waals surface area contributed by atoms with Gasteiger partial charge in [0, 0.05) is 13.1 Å². The van der Waals surface area contributed by atoms with Crippen molar-refractivity contribution in [2.75, 3.05) is 26.3 Å². The van der Waals surface area contributed by atoms with E-state index in [0.29, 0.717) is 37.0 Å². The molecule has 0 saturated carbocycles. The number of morpholine rings is 1. The fraction of sp³-hybridized carbons (Fsp3) is 0.350. The molecular formula is C20H22N4O3S. The number of carbonyl (C=O) groups is 2. The molecule has 1 fully saturated rings. The molecule has 146 valence electrons. The van der Waals surface area contributed by atoms with Crippen LogP contribution in [0, 0.1) is 0 Å². The molecule has 2 aromatic heterocycles. The Bertz CT molecular complexity index is 977. The second-order valence-corrected chi connectivity index (χ2v) is 7.66. The third-order valence-corrected chi connectivity index (χ3v) is 5.69. The molecule has 28 heavy (non-hydrogen) atoms. The lowest BCUT2D eigenvalue weighted by molar-refractivity contribution is -0.135. The second-order valence-electron chi connectivity index (χ2n) is 6.71. The quantitative estimate of drug-likeness (QED) is 0.716. The Hall–Kier alpha value is -2.71. The summed E-state index contributed by atoms with van der Waals surface area (Å²) in [6.45, 7) is 4.42. The highest BCUT2D eigenvalue weighted by atomic mass is 32.1. The third-order valence-electron chi connectivity index (χ3n) is 4.82. The van der Waals surface area contributed by atoms with Crippen molar-refractivity contribution < 1.29 is 14.3 Å². The zero-order chi connectivity index (χ0) is 19.5. The molecule has 1 N–H and O–H groups in total. The Labute approximate surface area is 166 Å². The molecule has 8 heteroatoms. The topological polar surface area (TPSA) is 76.5 Å². The number of fused-ring (bicyclic) bond motifs is 1. The molecule has 2 amide bonds. The van der Waals surface area contributed by atoms with E-state index in [-0.39, 0.29) is 24.4 Å². The molecule has 1 saturated heterocycles. The number of aromatic nitrogens is 2. The number of benzene rings is 1. The summed E-state index contributed by atoms with van der Waals surface area (Å²) in [6, 6.07) is 11.0. The molecule has 1 aromatic carbocycles. The minimum atomic E-state index is -0.334. The van der Waals surface area contributed by atoms with Gasteiger partial charge in [0.05, 0.1) is 35.2 Å². The number of imidazole rings is 1. The van der Waals surface area contributed by atoms with Crippen LogP contribution < -0.4 is 5.32 Å². The van der Waals surface area contributed by atoms with Gasteiger partial charge in [0.2, 0.25) is 5.91 Å². The van der Waals surface area contributed by atoms with Crippen molar-refractivity contribution in [3.8, 4) is 0 Å². The molecule has 0 spiro atoms. The maximum absolute atomic E-state index is 12.8. The van der Waals surface area contributed by atoms with Crippen LogP contribution in [0.15, 0.2) is 41.8 Å². The Morgan fingerprint density at radius 1 is 1.21 bits per heavy atom. The van der Waals surface area contributed by atoms with Gasteiger partial charge in [-0.1, -0.05) is 18.2 Å². The highest BCUT2D eigenvalue weighted by Gasteiger charge is 2.23. The number of hydrogen-bond donors (Lipinski definition) is 1. The molecule has 1 atom stereocenters. The number of thiophene rings is 1. The minimum Gasteiger partial charge on any atom is -0.378 e. The van der Waals surface area contributed by atoms with Crippen LogP contribution in [0.3, 0.4) is 0 Å². The minimum absolute atomic E-state index is 0.0319. The monoisotopic (exact) mass is 398 g/mol. The van der Waals surface area contributed by atoms with E-state index < -0.39 is 0 Å². The Balaban J connectivity index is 1.61. The highest BCUT2D eigenvalue weighted by molar-refractivity contribution is 7.12. The van der Waals surface area contributed by atoms with Gasteiger partial charge in [-0.15, -0.1) is 11.3 Å². The van der Waals surface area contributed by atoms with Crippen LogP contribution in [-0.4, -0.2) is 52.6 Å². The van der Waals surface area contributed by atoms with Gasteiger partial charge in [0.15, 0.2) is 0 Å². The number of nitrogens with zero attached hydrogens (tertiary/aromatic N) is 3. The number of rotatable bonds is 5. The van der Waals surface area contributed by atoms with E-state index >= 15 is 0 Å². The Kier molecular flexibility index (Phi) is 5.40. The van der Waals surface area contributed by atoms with Crippen LogP contribution in [-0.2, 0) is 16.1 Å². The molecule has 0 radical (unpaired) electrons. The van der Waals surface area contributed by atoms with E-state index in [4.69, 9.17) is 9.72 Å². The molecule has 1 unspecified atom stereocenters. The smallest absolute Gasteiger partial charge is 0.261 e. The maximum Gasteiger partial charge on any atom is 0.261 e. The van der Waals surface area contributed by atoms with Crippen molar-refractivity contribution in [3.05, 3.63) is 52.5 Å². The van der Waals surface area contributed by atoms with E-state index in [0.717, 1.165) is 11.0 Å². The van der Waals surface area contributed by atoms with Crippen LogP contribution in [0.4, 0.5) is 0 Å². The van der Waals surface area contributed by atoms with Crippen molar-refractivity contribution in [2.45, 2.75) is 19.5 Å². The molecule has 0 bridgehead atoms. The van der Waals surface area contributed by atoms with Crippen LogP contribution in [0.1, 0.15) is 28.5 Å². The van der Waals surface area contributed by atoms with Gasteiger partial charge in [0.25, 0.3) is 5.91 Å². The zero-order valence-corrected chi connectivity index (χ0v) is 16.4. The van der Waals surface area contributed by atoms with Crippen LogP contribution in [0.25, 0.3) is 11.0 Å². The summed E-state index contributed by atoms with van der Waals surface area (Å²) in [5, 5.41) is 4.87. The summed E-state index contributed by atoms with van der Waals surface area (Å²) in [5.74, 6) is 0.567. The molecule has 0 aliphatic carbocycles. The lowest BCUT2D eigenvalue weighted by Gasteiger charge is -2.27. The van der Waals surface area contributed by atoms with Crippen molar-refractivity contribution in [1.82, 2.24) is 19.8 Å². The van der Waals surface area contributed by atoms with Crippen molar-refractivity contribution in [2.24, 2.45) is 0 Å². The zero-order valence-electron chi connectivity index (χ0n) is 15.6. The first kappa shape index (κ1) is 18.6. The van der Waals surface area contributed by atoms with Gasteiger partial charge in [-0.05, 0) is 30.5 Å². The normalized spacial score (nSPS) is 15.5. The fourth-order valence-electron chi connectivity index (χ4n) is 3.38. The SMILES string of the molecule is CC(NC(=O)c1cccs1)c1nc2ccccc2n1CC(=O)N1CCOCC1. The second kappa shape index (κ2) is 8.12. The van der Waals surface area contributed by atoms with Gasteiger partial charge in [0.1, 0.15) is 12.4 Å². The number of amides is 2. The first-order chi connectivity index (χ1) is 13.6. The summed E-state index contributed by atoms with van der Waals surface area (Å²) < 4.78 is 7.25. The average molecular weight is 398 g/mol. The molecule has 3 aromatic rings. The lowest BCUT2D eigenvalue weighted by atomic mass is 10.3. The molecule has 3 heterocycles. The number of para-hydroxylation sites is 2. The summed E-state index contributed by atoms with van der Waals surface area (Å²) in [7, 11) is 0. The largest absolute Gasteiger partial charge is 0.378 e. The molecule has 7 nitrogen and oxygen atoms in total. The van der Waals surface area contributed by atoms with Gasteiger partial charge < -0.3 is 19.5 Å². The first-order valence-electron chi connectivity index (χ1n) is 9.28. The van der Waals surface area contributed by atoms with E-state index in [9.17, 15) is 9.59 Å². The van der Waals surface area contributed by atoms with E-state index in [1.165, 1.54) is 11.3 Å². The van der Waals surface area contributed by atoms with Gasteiger partial charge >= 0.3 is 0 Å². The summed E-state index contributed by atoms with van der Waals surface area (Å²) in [6.07, 6.45) is 0. The number of carbonyl (C=O) groups excluding carboxylic acids is 2. The Morgan fingerprint density at radius 3 is 2.75 bits per heavy atom. The Morgan fingerprint density at radius 2 is 2.00 bits per heavy atom. The number of nitrogens with one attached hydrogen (secondary N) is 1. The predicted octanol–water partition coefficient (Wildman–Crippen LogP) is 2.45. The van der Waals surface area contributed by atoms with Crippen LogP contribution >= 0.6 is 11.3 Å². The van der Waals surface area contributed by atoms with Crippen LogP contribution in [0.5, 0.6) is 0 Å². The number of ether oxygens (including phenoxy) is 1. The average Bonchev–Trinajstić information content (AvgIpc) is 3.37. The summed E-state index contributed by atoms with van der Waals surface area (Å²) in [5.41, 5.74) is 1.70. The van der Waals surface area contributed by atoms with E-state index in [1.807, 2.05) is 52.1 Å². The van der Waals surface area contributed by atoms with Gasteiger partial charge in [-0.2, -0.15) is 0 Å². The standard InChI is InChI=1S/C20H22N4O3S/c1-14(21-20(26)17-7-4-12-28-17)19-22-15-5-2-3-6-16(15)24(19)13-18(25)23-8-10-27-11-9-23/h2-7,12,14H,8-11,13H2,1H3,(H,21,26). The van der Waals surface area contributed by atoms with Crippen LogP contribution in [0.2, 0.25) is 0 Å². The summed E-state index contributed by atoms with van der Waals surface area (Å²) in [4.78, 5) is 32.5.